The van der Waals surface area contributed by atoms with E-state index in [2.05, 4.69) is 5.32 Å². The molecule has 0 spiro atoms. The van der Waals surface area contributed by atoms with Crippen molar-refractivity contribution in [3.8, 4) is 0 Å². The van der Waals surface area contributed by atoms with Gasteiger partial charge in [0.1, 0.15) is 5.76 Å². The third-order valence-corrected chi connectivity index (χ3v) is 2.26. The molecular weight excluding hydrogens is 252 g/mol. The molecule has 3 N–H and O–H groups in total. The van der Waals surface area contributed by atoms with E-state index in [4.69, 9.17) is 9.52 Å². The summed E-state index contributed by atoms with van der Waals surface area (Å²) in [5.74, 6) is -0.978. The van der Waals surface area contributed by atoms with Crippen LogP contribution in [0.3, 0.4) is 0 Å². The van der Waals surface area contributed by atoms with Crippen LogP contribution in [0.4, 0.5) is 4.79 Å². The highest BCUT2D eigenvalue weighted by Gasteiger charge is 2.19. The molecule has 1 aromatic rings. The lowest BCUT2D eigenvalue weighted by Crippen LogP contribution is -2.44. The lowest BCUT2D eigenvalue weighted by Gasteiger charge is -2.25. The molecule has 1 heterocycles. The number of carbonyl (C=O) groups excluding carboxylic acids is 1. The number of nitrogens with zero attached hydrogens (tertiary/aromatic N) is 1. The molecule has 0 fully saturated rings. The summed E-state index contributed by atoms with van der Waals surface area (Å²) in [6.45, 7) is 3.46. The molecular formula is C12H18N2O5. The Morgan fingerprint density at radius 2 is 2.05 bits per heavy atom. The highest BCUT2D eigenvalue weighted by molar-refractivity contribution is 5.84. The van der Waals surface area contributed by atoms with Crippen molar-refractivity contribution >= 4 is 12.0 Å². The minimum Gasteiger partial charge on any atom is -0.475 e. The van der Waals surface area contributed by atoms with Crippen molar-refractivity contribution < 1.29 is 24.2 Å². The molecule has 106 valence electrons. The van der Waals surface area contributed by atoms with E-state index in [0.29, 0.717) is 5.76 Å². The molecule has 0 aliphatic heterocycles. The third kappa shape index (κ3) is 5.01. The normalized spacial score (nSPS) is 11.2. The van der Waals surface area contributed by atoms with Gasteiger partial charge in [-0.3, -0.25) is 0 Å². The summed E-state index contributed by atoms with van der Waals surface area (Å²) in [6, 6.07) is 2.43. The number of nitrogens with one attached hydrogen (secondary N) is 1. The van der Waals surface area contributed by atoms with Crippen LogP contribution < -0.4 is 5.32 Å². The topological polar surface area (TPSA) is 103 Å². The summed E-state index contributed by atoms with van der Waals surface area (Å²) in [5, 5.41) is 20.8. The number of aliphatic hydroxyl groups is 1. The average molecular weight is 270 g/mol. The molecule has 1 aromatic heterocycles. The van der Waals surface area contributed by atoms with E-state index in [-0.39, 0.29) is 24.9 Å². The Morgan fingerprint density at radius 1 is 1.42 bits per heavy atom. The van der Waals surface area contributed by atoms with Crippen LogP contribution in [0, 0.1) is 0 Å². The van der Waals surface area contributed by atoms with Gasteiger partial charge in [0.05, 0.1) is 18.7 Å². The Morgan fingerprint density at radius 3 is 2.53 bits per heavy atom. The monoisotopic (exact) mass is 270 g/mol. The zero-order valence-electron chi connectivity index (χ0n) is 11.1. The van der Waals surface area contributed by atoms with Crippen LogP contribution >= 0.6 is 0 Å². The van der Waals surface area contributed by atoms with E-state index in [1.54, 1.807) is 20.9 Å². The number of carbonyl (C=O) groups is 2. The van der Waals surface area contributed by atoms with Crippen molar-refractivity contribution in [3.05, 3.63) is 23.7 Å². The number of amides is 2. The fraction of sp³-hybridized carbons (Fsp3) is 0.500. The first kappa shape index (κ1) is 15.0. The molecule has 0 bridgehead atoms. The Kier molecular flexibility index (Phi) is 4.55. The summed E-state index contributed by atoms with van der Waals surface area (Å²) in [4.78, 5) is 23.6. The zero-order chi connectivity index (χ0) is 14.6. The van der Waals surface area contributed by atoms with Crippen molar-refractivity contribution in [3.63, 3.8) is 0 Å². The highest BCUT2D eigenvalue weighted by Crippen LogP contribution is 2.08. The molecule has 0 atom stereocenters. The summed E-state index contributed by atoms with van der Waals surface area (Å²) >= 11 is 0. The SMILES string of the molecule is CN(CC(C)(C)O)C(=O)NCc1ccc(C(=O)O)o1. The minimum atomic E-state index is -1.16. The number of hydrogen-bond acceptors (Lipinski definition) is 4. The first-order valence-electron chi connectivity index (χ1n) is 5.72. The molecule has 1 rings (SSSR count). The van der Waals surface area contributed by atoms with Gasteiger partial charge in [-0.1, -0.05) is 0 Å². The van der Waals surface area contributed by atoms with Gasteiger partial charge in [0.25, 0.3) is 0 Å². The number of carboxylic acid groups (broad SMARTS) is 1. The second-order valence-electron chi connectivity index (χ2n) is 4.90. The van der Waals surface area contributed by atoms with Crippen LogP contribution in [0.15, 0.2) is 16.5 Å². The average Bonchev–Trinajstić information content (AvgIpc) is 2.72. The molecule has 0 radical (unpaired) electrons. The van der Waals surface area contributed by atoms with Gasteiger partial charge in [-0.2, -0.15) is 0 Å². The Hall–Kier alpha value is -2.02. The van der Waals surface area contributed by atoms with E-state index in [1.807, 2.05) is 0 Å². The first-order chi connectivity index (χ1) is 8.69. The van der Waals surface area contributed by atoms with Gasteiger partial charge in [-0.25, -0.2) is 9.59 Å². The number of carboxylic acids is 1. The Bertz CT molecular complexity index is 461. The molecule has 0 aliphatic carbocycles. The number of urea groups is 1. The van der Waals surface area contributed by atoms with E-state index in [9.17, 15) is 14.7 Å². The molecule has 0 aromatic carbocycles. The maximum absolute atomic E-state index is 11.7. The van der Waals surface area contributed by atoms with E-state index >= 15 is 0 Å². The summed E-state index contributed by atoms with van der Waals surface area (Å²) in [5.41, 5.74) is -0.979. The van der Waals surface area contributed by atoms with E-state index in [1.165, 1.54) is 17.0 Å². The lowest BCUT2D eigenvalue weighted by atomic mass is 10.1. The predicted molar refractivity (Wildman–Crippen MR) is 66.8 cm³/mol. The van der Waals surface area contributed by atoms with E-state index < -0.39 is 11.6 Å². The van der Waals surface area contributed by atoms with Gasteiger partial charge in [0, 0.05) is 7.05 Å². The third-order valence-electron chi connectivity index (χ3n) is 2.26. The molecule has 7 heteroatoms. The fourth-order valence-electron chi connectivity index (χ4n) is 1.54. The summed E-state index contributed by atoms with van der Waals surface area (Å²) in [6.07, 6.45) is 0. The van der Waals surface area contributed by atoms with Gasteiger partial charge in [-0.05, 0) is 26.0 Å². The van der Waals surface area contributed by atoms with Gasteiger partial charge >= 0.3 is 12.0 Å². The second-order valence-corrected chi connectivity index (χ2v) is 4.90. The number of hydrogen-bond donors (Lipinski definition) is 3. The Labute approximate surface area is 110 Å². The maximum atomic E-state index is 11.7. The van der Waals surface area contributed by atoms with Crippen molar-refractivity contribution in [2.75, 3.05) is 13.6 Å². The molecule has 0 saturated carbocycles. The smallest absolute Gasteiger partial charge is 0.371 e. The largest absolute Gasteiger partial charge is 0.475 e. The van der Waals surface area contributed by atoms with Crippen LogP contribution in [0.1, 0.15) is 30.2 Å². The number of rotatable bonds is 5. The van der Waals surface area contributed by atoms with Crippen molar-refractivity contribution in [2.24, 2.45) is 0 Å². The molecule has 0 saturated heterocycles. The van der Waals surface area contributed by atoms with Crippen LogP contribution in [0.5, 0.6) is 0 Å². The first-order valence-corrected chi connectivity index (χ1v) is 5.72. The molecule has 0 unspecified atom stereocenters. The highest BCUT2D eigenvalue weighted by atomic mass is 16.4. The van der Waals surface area contributed by atoms with Crippen LogP contribution in [-0.2, 0) is 6.54 Å². The van der Waals surface area contributed by atoms with Crippen molar-refractivity contribution in [1.29, 1.82) is 0 Å². The van der Waals surface area contributed by atoms with Crippen molar-refractivity contribution in [2.45, 2.75) is 26.0 Å². The van der Waals surface area contributed by atoms with Crippen LogP contribution in [0.2, 0.25) is 0 Å². The predicted octanol–water partition coefficient (Wildman–Crippen LogP) is 0.890. The number of furan rings is 1. The number of aromatic carboxylic acids is 1. The second kappa shape index (κ2) is 5.75. The number of likely N-dealkylation sites (N-methyl/N-ethyl adjacent to an activating group) is 1. The maximum Gasteiger partial charge on any atom is 0.371 e. The van der Waals surface area contributed by atoms with Gasteiger partial charge in [0.2, 0.25) is 5.76 Å². The summed E-state index contributed by atoms with van der Waals surface area (Å²) < 4.78 is 4.99. The fourth-order valence-corrected chi connectivity index (χ4v) is 1.54. The minimum absolute atomic E-state index is 0.0856. The summed E-state index contributed by atoms with van der Waals surface area (Å²) in [7, 11) is 1.55. The van der Waals surface area contributed by atoms with Crippen molar-refractivity contribution in [1.82, 2.24) is 10.2 Å². The van der Waals surface area contributed by atoms with Gasteiger partial charge < -0.3 is 24.8 Å². The van der Waals surface area contributed by atoms with Gasteiger partial charge in [0.15, 0.2) is 0 Å². The standard InChI is InChI=1S/C12H18N2O5/c1-12(2,18)7-14(3)11(17)13-6-8-4-5-9(19-8)10(15)16/h4-5,18H,6-7H2,1-3H3,(H,13,17)(H,15,16). The van der Waals surface area contributed by atoms with Gasteiger partial charge in [-0.15, -0.1) is 0 Å². The lowest BCUT2D eigenvalue weighted by molar-refractivity contribution is 0.0530. The van der Waals surface area contributed by atoms with Crippen LogP contribution in [0.25, 0.3) is 0 Å². The Balaban J connectivity index is 2.47. The molecule has 2 amide bonds. The molecule has 0 aliphatic rings. The van der Waals surface area contributed by atoms with E-state index in [0.717, 1.165) is 0 Å². The molecule has 7 nitrogen and oxygen atoms in total. The molecule has 19 heavy (non-hydrogen) atoms. The van der Waals surface area contributed by atoms with Crippen LogP contribution in [-0.4, -0.2) is 46.3 Å². The quantitative estimate of drug-likeness (QED) is 0.737. The zero-order valence-corrected chi connectivity index (χ0v) is 11.1.